The van der Waals surface area contributed by atoms with Crippen molar-refractivity contribution < 1.29 is 24.2 Å². The van der Waals surface area contributed by atoms with Crippen molar-refractivity contribution in [2.24, 2.45) is 0 Å². The van der Waals surface area contributed by atoms with Crippen LogP contribution in [0.4, 0.5) is 0 Å². The lowest BCUT2D eigenvalue weighted by molar-refractivity contribution is 0.0738. The lowest BCUT2D eigenvalue weighted by Crippen LogP contribution is -2.07. The van der Waals surface area contributed by atoms with E-state index in [1.807, 2.05) is 0 Å². The first-order valence-corrected chi connectivity index (χ1v) is 5.94. The third-order valence-electron chi connectivity index (χ3n) is 3.30. The van der Waals surface area contributed by atoms with E-state index in [4.69, 9.17) is 9.15 Å². The fourth-order valence-corrected chi connectivity index (χ4v) is 2.40. The normalized spacial score (nSPS) is 12.9. The first-order chi connectivity index (χ1) is 9.63. The van der Waals surface area contributed by atoms with Crippen molar-refractivity contribution in [2.75, 3.05) is 0 Å². The van der Waals surface area contributed by atoms with Crippen molar-refractivity contribution in [3.63, 3.8) is 0 Å². The molecule has 5 rings (SSSR count). The Morgan fingerprint density at radius 3 is 2.65 bits per heavy atom. The van der Waals surface area contributed by atoms with E-state index in [1.165, 1.54) is 18.2 Å². The summed E-state index contributed by atoms with van der Waals surface area (Å²) in [6, 6.07) is 9.15. The number of benzene rings is 2. The summed E-state index contributed by atoms with van der Waals surface area (Å²) < 4.78 is 10.8. The largest absolute Gasteiger partial charge is 0.508 e. The zero-order chi connectivity index (χ0) is 13.9. The Hall–Kier alpha value is -2.95. The van der Waals surface area contributed by atoms with Crippen LogP contribution in [0, 0.1) is 0 Å². The summed E-state index contributed by atoms with van der Waals surface area (Å²) >= 11 is 0. The topological polar surface area (TPSA) is 79.9 Å². The number of carbonyl (C=O) groups is 1. The first-order valence-electron chi connectivity index (χ1n) is 5.94. The maximum Gasteiger partial charge on any atom is 0.348 e. The zero-order valence-electron chi connectivity index (χ0n) is 10.1. The van der Waals surface area contributed by atoms with Gasteiger partial charge in [-0.2, -0.15) is 0 Å². The molecule has 0 fully saturated rings. The molecule has 0 saturated carbocycles. The molecule has 2 aromatic carbocycles. The van der Waals surface area contributed by atoms with Gasteiger partial charge >= 0.3 is 5.97 Å². The summed E-state index contributed by atoms with van der Waals surface area (Å²) in [5, 5.41) is 19.9. The second-order valence-electron chi connectivity index (χ2n) is 4.56. The van der Waals surface area contributed by atoms with Gasteiger partial charge in [-0.05, 0) is 24.3 Å². The number of hydrogen-bond acceptors (Lipinski definition) is 5. The fourth-order valence-electron chi connectivity index (χ4n) is 2.40. The van der Waals surface area contributed by atoms with Crippen molar-refractivity contribution in [2.45, 2.75) is 0 Å². The van der Waals surface area contributed by atoms with E-state index >= 15 is 0 Å². The highest BCUT2D eigenvalue weighted by atomic mass is 16.5. The van der Waals surface area contributed by atoms with Gasteiger partial charge in [-0.25, -0.2) is 4.79 Å². The van der Waals surface area contributed by atoms with Gasteiger partial charge in [0.15, 0.2) is 5.76 Å². The summed E-state index contributed by atoms with van der Waals surface area (Å²) in [6.45, 7) is 0. The molecule has 2 N–H and O–H groups in total. The van der Waals surface area contributed by atoms with E-state index in [-0.39, 0.29) is 22.8 Å². The molecule has 2 aliphatic heterocycles. The summed E-state index contributed by atoms with van der Waals surface area (Å²) in [7, 11) is 0. The van der Waals surface area contributed by atoms with Crippen LogP contribution in [-0.4, -0.2) is 16.2 Å². The Bertz CT molecular complexity index is 875. The number of esters is 1. The molecule has 98 valence electrons. The summed E-state index contributed by atoms with van der Waals surface area (Å²) in [4.78, 5) is 12.1. The third kappa shape index (κ3) is 1.34. The maximum absolute atomic E-state index is 12.1. The molecule has 5 heteroatoms. The van der Waals surface area contributed by atoms with Crippen molar-refractivity contribution in [1.82, 2.24) is 0 Å². The Labute approximate surface area is 112 Å². The molecule has 0 radical (unpaired) electrons. The monoisotopic (exact) mass is 268 g/mol. The van der Waals surface area contributed by atoms with Crippen molar-refractivity contribution in [3.8, 4) is 28.6 Å². The van der Waals surface area contributed by atoms with Gasteiger partial charge in [0, 0.05) is 17.5 Å². The average Bonchev–Trinajstić information content (AvgIpc) is 2.61. The molecule has 3 heterocycles. The molecule has 5 nitrogen and oxygen atoms in total. The number of phenols is 2. The number of hydrogen-bond donors (Lipinski definition) is 2. The van der Waals surface area contributed by atoms with Crippen LogP contribution < -0.4 is 4.74 Å². The predicted octanol–water partition coefficient (Wildman–Crippen LogP) is 3.04. The molecule has 3 aromatic rings. The van der Waals surface area contributed by atoms with E-state index in [2.05, 4.69) is 0 Å². The SMILES string of the molecule is O=C1Oc2ccc3c1c(-c1ccc(O)cc1O)oc3c2. The Morgan fingerprint density at radius 2 is 1.85 bits per heavy atom. The maximum atomic E-state index is 12.1. The number of fused-ring (bicyclic) bond motifs is 2. The first kappa shape index (κ1) is 10.9. The number of ether oxygens (including phenoxy) is 1. The van der Waals surface area contributed by atoms with Crippen LogP contribution in [0.5, 0.6) is 17.2 Å². The minimum atomic E-state index is -0.522. The predicted molar refractivity (Wildman–Crippen MR) is 69.9 cm³/mol. The molecule has 2 aliphatic rings. The number of aromatic hydroxyl groups is 2. The van der Waals surface area contributed by atoms with E-state index in [1.54, 1.807) is 18.2 Å². The molecule has 0 aliphatic carbocycles. The van der Waals surface area contributed by atoms with Gasteiger partial charge in [0.05, 0.1) is 5.56 Å². The third-order valence-corrected chi connectivity index (χ3v) is 3.30. The molecule has 0 spiro atoms. The van der Waals surface area contributed by atoms with Crippen LogP contribution in [0.3, 0.4) is 0 Å². The molecular formula is C15H8O5. The molecule has 1 aromatic heterocycles. The molecule has 4 bridgehead atoms. The van der Waals surface area contributed by atoms with E-state index < -0.39 is 5.97 Å². The lowest BCUT2D eigenvalue weighted by atomic mass is 10.1. The number of rotatable bonds is 1. The molecule has 0 atom stereocenters. The van der Waals surface area contributed by atoms with E-state index in [0.717, 1.165) is 0 Å². The van der Waals surface area contributed by atoms with Gasteiger partial charge in [-0.1, -0.05) is 0 Å². The Kier molecular flexibility index (Phi) is 1.93. The second-order valence-corrected chi connectivity index (χ2v) is 4.56. The highest BCUT2D eigenvalue weighted by Gasteiger charge is 2.28. The summed E-state index contributed by atoms with van der Waals surface area (Å²) in [5.74, 6) is -0.0944. The van der Waals surface area contributed by atoms with Gasteiger partial charge in [0.1, 0.15) is 28.4 Å². The molecule has 0 saturated heterocycles. The van der Waals surface area contributed by atoms with Gasteiger partial charge in [0.25, 0.3) is 0 Å². The van der Waals surface area contributed by atoms with Gasteiger partial charge in [-0.3, -0.25) is 0 Å². The Morgan fingerprint density at radius 1 is 1.00 bits per heavy atom. The van der Waals surface area contributed by atoms with Crippen LogP contribution in [0.1, 0.15) is 10.4 Å². The van der Waals surface area contributed by atoms with Crippen molar-refractivity contribution in [1.29, 1.82) is 0 Å². The van der Waals surface area contributed by atoms with Crippen LogP contribution in [0.25, 0.3) is 22.3 Å². The minimum absolute atomic E-state index is 0.0686. The second kappa shape index (κ2) is 3.54. The van der Waals surface area contributed by atoms with E-state index in [9.17, 15) is 15.0 Å². The molecule has 0 amide bonds. The highest BCUT2D eigenvalue weighted by molar-refractivity contribution is 6.11. The summed E-state index contributed by atoms with van der Waals surface area (Å²) in [5.41, 5.74) is 1.13. The number of furan rings is 1. The van der Waals surface area contributed by atoms with Gasteiger partial charge in [-0.15, -0.1) is 0 Å². The number of phenolic OH excluding ortho intramolecular Hbond substituents is 2. The smallest absolute Gasteiger partial charge is 0.348 e. The van der Waals surface area contributed by atoms with Crippen LogP contribution in [-0.2, 0) is 0 Å². The molecule has 0 unspecified atom stereocenters. The Balaban J connectivity index is 2.08. The minimum Gasteiger partial charge on any atom is -0.508 e. The van der Waals surface area contributed by atoms with Gasteiger partial charge < -0.3 is 19.4 Å². The molecular weight excluding hydrogens is 260 g/mol. The van der Waals surface area contributed by atoms with Crippen molar-refractivity contribution in [3.05, 3.63) is 42.0 Å². The van der Waals surface area contributed by atoms with Crippen LogP contribution in [0.15, 0.2) is 40.8 Å². The molecule has 20 heavy (non-hydrogen) atoms. The number of carbonyl (C=O) groups excluding carboxylic acids is 1. The van der Waals surface area contributed by atoms with Crippen LogP contribution in [0.2, 0.25) is 0 Å². The zero-order valence-corrected chi connectivity index (χ0v) is 10.1. The van der Waals surface area contributed by atoms with Gasteiger partial charge in [0.2, 0.25) is 0 Å². The fraction of sp³-hybridized carbons (Fsp3) is 0. The quantitative estimate of drug-likeness (QED) is 0.523. The van der Waals surface area contributed by atoms with Crippen LogP contribution >= 0.6 is 0 Å². The summed E-state index contributed by atoms with van der Waals surface area (Å²) in [6.07, 6.45) is 0. The standard InChI is InChI=1S/C15H8O5/c16-7-1-3-9(11(17)5-7)14-13-10-4-2-8(19-15(13)18)6-12(10)20-14/h1-6,16-17H. The average molecular weight is 268 g/mol. The van der Waals surface area contributed by atoms with Crippen molar-refractivity contribution >= 4 is 16.9 Å². The lowest BCUT2D eigenvalue weighted by Gasteiger charge is -2.06. The van der Waals surface area contributed by atoms with E-state index in [0.29, 0.717) is 22.3 Å². The highest BCUT2D eigenvalue weighted by Crippen LogP contribution is 2.42.